The lowest BCUT2D eigenvalue weighted by molar-refractivity contribution is 0.331. The van der Waals surface area contributed by atoms with Gasteiger partial charge >= 0.3 is 0 Å². The van der Waals surface area contributed by atoms with E-state index in [2.05, 4.69) is 31.3 Å². The summed E-state index contributed by atoms with van der Waals surface area (Å²) >= 11 is 4.79. The van der Waals surface area contributed by atoms with E-state index >= 15 is 0 Å². The van der Waals surface area contributed by atoms with Crippen molar-refractivity contribution in [2.45, 2.75) is 40.0 Å². The summed E-state index contributed by atoms with van der Waals surface area (Å²) < 4.78 is 0. The fraction of sp³-hybridized carbons (Fsp3) is 0.818. The summed E-state index contributed by atoms with van der Waals surface area (Å²) in [6.45, 7) is 6.87. The Labute approximate surface area is 96.5 Å². The average molecular weight is 225 g/mol. The highest BCUT2D eigenvalue weighted by atomic mass is 32.1. The number of hydrogen-bond donors (Lipinski definition) is 2. The minimum Gasteiger partial charge on any atom is -0.375 e. The summed E-state index contributed by atoms with van der Waals surface area (Å²) in [5.41, 5.74) is 9.88. The van der Waals surface area contributed by atoms with Gasteiger partial charge in [-0.2, -0.15) is 5.10 Å². The fourth-order valence-corrected chi connectivity index (χ4v) is 3.48. The Hall–Kier alpha value is -0.640. The number of nitrogens with zero attached hydrogens (tertiary/aromatic N) is 1. The molecule has 0 aromatic rings. The molecule has 3 N–H and O–H groups in total. The molecule has 2 aliphatic rings. The topological polar surface area (TPSA) is 50.4 Å². The molecular formula is C11H19N3S. The van der Waals surface area contributed by atoms with Gasteiger partial charge in [-0.1, -0.05) is 20.8 Å². The third-order valence-electron chi connectivity index (χ3n) is 4.22. The van der Waals surface area contributed by atoms with E-state index in [0.29, 0.717) is 0 Å². The van der Waals surface area contributed by atoms with Crippen LogP contribution in [0.2, 0.25) is 0 Å². The van der Waals surface area contributed by atoms with E-state index in [9.17, 15) is 0 Å². The van der Waals surface area contributed by atoms with Crippen molar-refractivity contribution in [3.8, 4) is 0 Å². The first kappa shape index (κ1) is 10.9. The van der Waals surface area contributed by atoms with E-state index in [4.69, 9.17) is 18.0 Å². The molecule has 0 radical (unpaired) electrons. The van der Waals surface area contributed by atoms with Gasteiger partial charge in [-0.05, 0) is 37.4 Å². The lowest BCUT2D eigenvalue weighted by Gasteiger charge is -2.35. The highest BCUT2D eigenvalue weighted by molar-refractivity contribution is 7.80. The summed E-state index contributed by atoms with van der Waals surface area (Å²) in [4.78, 5) is 0. The molecule has 2 rings (SSSR count). The van der Waals surface area contributed by atoms with Crippen molar-refractivity contribution in [2.75, 3.05) is 0 Å². The summed E-state index contributed by atoms with van der Waals surface area (Å²) in [5, 5.41) is 4.68. The monoisotopic (exact) mass is 225 g/mol. The molecule has 4 heteroatoms. The molecule has 15 heavy (non-hydrogen) atoms. The summed E-state index contributed by atoms with van der Waals surface area (Å²) in [6.07, 6.45) is 3.84. The third-order valence-corrected chi connectivity index (χ3v) is 4.31. The molecule has 84 valence electrons. The maximum Gasteiger partial charge on any atom is 0.184 e. The smallest absolute Gasteiger partial charge is 0.184 e. The zero-order valence-corrected chi connectivity index (χ0v) is 10.4. The van der Waals surface area contributed by atoms with Gasteiger partial charge in [0.25, 0.3) is 0 Å². The lowest BCUT2D eigenvalue weighted by Crippen LogP contribution is -2.38. The van der Waals surface area contributed by atoms with Crippen LogP contribution < -0.4 is 11.2 Å². The van der Waals surface area contributed by atoms with E-state index in [-0.39, 0.29) is 15.9 Å². The van der Waals surface area contributed by atoms with E-state index in [1.165, 1.54) is 25.0 Å². The maximum absolute atomic E-state index is 5.41. The number of nitrogens with one attached hydrogen (secondary N) is 1. The second-order valence-corrected chi connectivity index (χ2v) is 6.10. The van der Waals surface area contributed by atoms with Crippen molar-refractivity contribution in [2.24, 2.45) is 27.6 Å². The van der Waals surface area contributed by atoms with Crippen LogP contribution in [0.25, 0.3) is 0 Å². The summed E-state index contributed by atoms with van der Waals surface area (Å²) in [5.74, 6) is 0.773. The van der Waals surface area contributed by atoms with E-state index in [1.54, 1.807) is 0 Å². The van der Waals surface area contributed by atoms with E-state index < -0.39 is 0 Å². The van der Waals surface area contributed by atoms with E-state index in [0.717, 1.165) is 5.92 Å². The summed E-state index contributed by atoms with van der Waals surface area (Å²) in [7, 11) is 0. The predicted molar refractivity (Wildman–Crippen MR) is 66.6 cm³/mol. The molecule has 2 saturated carbocycles. The molecular weight excluding hydrogens is 206 g/mol. The van der Waals surface area contributed by atoms with Gasteiger partial charge in [0, 0.05) is 10.8 Å². The number of hydrogen-bond acceptors (Lipinski definition) is 2. The van der Waals surface area contributed by atoms with Crippen molar-refractivity contribution in [1.82, 2.24) is 5.43 Å². The Balaban J connectivity index is 2.30. The Morgan fingerprint density at radius 1 is 1.53 bits per heavy atom. The van der Waals surface area contributed by atoms with E-state index in [1.807, 2.05) is 0 Å². The number of rotatable bonds is 1. The Morgan fingerprint density at radius 2 is 2.20 bits per heavy atom. The highest BCUT2D eigenvalue weighted by Gasteiger charge is 2.57. The molecule has 0 heterocycles. The lowest BCUT2D eigenvalue weighted by atomic mass is 9.71. The minimum absolute atomic E-state index is 0.199. The van der Waals surface area contributed by atoms with Crippen molar-refractivity contribution >= 4 is 23.0 Å². The number of hydrazone groups is 1. The molecule has 0 aromatic carbocycles. The second kappa shape index (κ2) is 3.17. The normalized spacial score (nSPS) is 39.7. The highest BCUT2D eigenvalue weighted by Crippen LogP contribution is 2.60. The van der Waals surface area contributed by atoms with Crippen molar-refractivity contribution in [1.29, 1.82) is 0 Å². The molecule has 2 unspecified atom stereocenters. The van der Waals surface area contributed by atoms with Gasteiger partial charge in [0.05, 0.1) is 5.71 Å². The zero-order chi connectivity index (χ0) is 11.3. The van der Waals surface area contributed by atoms with Crippen LogP contribution >= 0.6 is 12.2 Å². The molecule has 2 aliphatic carbocycles. The van der Waals surface area contributed by atoms with Gasteiger partial charge in [0.2, 0.25) is 0 Å². The van der Waals surface area contributed by atoms with Gasteiger partial charge in [-0.3, -0.25) is 5.43 Å². The fourth-order valence-electron chi connectivity index (χ4n) is 3.43. The van der Waals surface area contributed by atoms with Crippen LogP contribution in [0.1, 0.15) is 40.0 Å². The molecule has 3 nitrogen and oxygen atoms in total. The predicted octanol–water partition coefficient (Wildman–Crippen LogP) is 2.02. The molecule has 2 atom stereocenters. The molecule has 0 amide bonds. The zero-order valence-electron chi connectivity index (χ0n) is 9.63. The first-order chi connectivity index (χ1) is 6.86. The molecule has 2 bridgehead atoms. The van der Waals surface area contributed by atoms with Gasteiger partial charge in [0.1, 0.15) is 0 Å². The van der Waals surface area contributed by atoms with Crippen LogP contribution in [0.3, 0.4) is 0 Å². The van der Waals surface area contributed by atoms with Gasteiger partial charge in [-0.25, -0.2) is 0 Å². The first-order valence-corrected chi connectivity index (χ1v) is 5.91. The molecule has 0 aromatic heterocycles. The van der Waals surface area contributed by atoms with Crippen LogP contribution in [0.5, 0.6) is 0 Å². The minimum atomic E-state index is 0.199. The standard InChI is InChI=1S/C11H19N3S/c1-10(2)7-4-5-11(3,6-7)8(10)13-14-9(12)15/h7H,4-6H2,1-3H3,(H3,12,14,15). The second-order valence-electron chi connectivity index (χ2n) is 5.66. The van der Waals surface area contributed by atoms with Crippen molar-refractivity contribution < 1.29 is 0 Å². The molecule has 0 spiro atoms. The quantitative estimate of drug-likeness (QED) is 0.530. The Kier molecular flexibility index (Phi) is 2.30. The number of fused-ring (bicyclic) bond motifs is 2. The Bertz CT molecular complexity index is 328. The number of nitrogens with two attached hydrogens (primary N) is 1. The van der Waals surface area contributed by atoms with Crippen molar-refractivity contribution in [3.05, 3.63) is 0 Å². The van der Waals surface area contributed by atoms with Crippen LogP contribution in [0.4, 0.5) is 0 Å². The largest absolute Gasteiger partial charge is 0.375 e. The van der Waals surface area contributed by atoms with Crippen LogP contribution in [0, 0.1) is 16.7 Å². The first-order valence-electron chi connectivity index (χ1n) is 5.50. The SMILES string of the molecule is CC12CCC(C1)C(C)(C)C2=NNC(N)=S. The van der Waals surface area contributed by atoms with Crippen LogP contribution in [-0.4, -0.2) is 10.8 Å². The molecule has 0 saturated heterocycles. The Morgan fingerprint density at radius 3 is 2.67 bits per heavy atom. The van der Waals surface area contributed by atoms with Crippen LogP contribution in [0.15, 0.2) is 5.10 Å². The van der Waals surface area contributed by atoms with Gasteiger partial charge in [0.15, 0.2) is 5.11 Å². The summed E-state index contributed by atoms with van der Waals surface area (Å²) in [6, 6.07) is 0. The third kappa shape index (κ3) is 1.55. The maximum atomic E-state index is 5.41. The van der Waals surface area contributed by atoms with Crippen molar-refractivity contribution in [3.63, 3.8) is 0 Å². The van der Waals surface area contributed by atoms with Gasteiger partial charge in [-0.15, -0.1) is 0 Å². The van der Waals surface area contributed by atoms with Crippen LogP contribution in [-0.2, 0) is 0 Å². The molecule has 2 fully saturated rings. The average Bonchev–Trinajstić information content (AvgIpc) is 2.54. The molecule has 0 aliphatic heterocycles. The van der Waals surface area contributed by atoms with Gasteiger partial charge < -0.3 is 5.73 Å². The number of thiocarbonyl (C=S) groups is 1.